The molecule has 0 aliphatic rings. The lowest BCUT2D eigenvalue weighted by atomic mass is 9.77. The summed E-state index contributed by atoms with van der Waals surface area (Å²) >= 11 is 0. The van der Waals surface area contributed by atoms with Crippen LogP contribution in [0, 0.1) is 0 Å². The van der Waals surface area contributed by atoms with Gasteiger partial charge >= 0.3 is 11.9 Å². The zero-order chi connectivity index (χ0) is 21.8. The van der Waals surface area contributed by atoms with E-state index >= 15 is 0 Å². The second-order valence-corrected chi connectivity index (χ2v) is 6.93. The highest BCUT2D eigenvalue weighted by molar-refractivity contribution is 6.21. The minimum absolute atomic E-state index is 0.117. The van der Waals surface area contributed by atoms with E-state index in [1.165, 1.54) is 0 Å². The van der Waals surface area contributed by atoms with E-state index in [1.807, 2.05) is 13.8 Å². The standard InChI is InChI=1S/C20H34O8/c1-5-7-9-11-13-27-17(23)19(25,15(3)21)20(26,16(4)22)18(24)28-14-12-10-8-6-2/h25-26H,5-14H2,1-4H3. The molecule has 162 valence electrons. The van der Waals surface area contributed by atoms with E-state index in [1.54, 1.807) is 0 Å². The fraction of sp³-hybridized carbons (Fsp3) is 0.800. The van der Waals surface area contributed by atoms with Crippen LogP contribution < -0.4 is 0 Å². The van der Waals surface area contributed by atoms with Crippen molar-refractivity contribution >= 4 is 23.5 Å². The molecule has 0 aliphatic carbocycles. The number of carbonyl (C=O) groups is 4. The summed E-state index contributed by atoms with van der Waals surface area (Å²) in [6.45, 7) is 5.35. The molecule has 8 heteroatoms. The van der Waals surface area contributed by atoms with Crippen LogP contribution in [0.25, 0.3) is 0 Å². The molecular weight excluding hydrogens is 368 g/mol. The molecule has 0 radical (unpaired) electrons. The van der Waals surface area contributed by atoms with Crippen LogP contribution in [0.2, 0.25) is 0 Å². The maximum Gasteiger partial charge on any atom is 0.350 e. The minimum atomic E-state index is -3.37. The maximum absolute atomic E-state index is 12.4. The molecule has 0 spiro atoms. The summed E-state index contributed by atoms with van der Waals surface area (Å²) in [5, 5.41) is 21.3. The third-order valence-electron chi connectivity index (χ3n) is 4.60. The minimum Gasteiger partial charge on any atom is -0.463 e. The Kier molecular flexibility index (Phi) is 11.8. The lowest BCUT2D eigenvalue weighted by molar-refractivity contribution is -0.211. The summed E-state index contributed by atoms with van der Waals surface area (Å²) in [6, 6.07) is 0. The van der Waals surface area contributed by atoms with Gasteiger partial charge in [0, 0.05) is 0 Å². The Morgan fingerprint density at radius 2 is 0.964 bits per heavy atom. The molecule has 0 bridgehead atoms. The quantitative estimate of drug-likeness (QED) is 0.241. The van der Waals surface area contributed by atoms with Crippen molar-refractivity contribution in [3.63, 3.8) is 0 Å². The molecule has 0 rings (SSSR count). The first kappa shape index (κ1) is 26.2. The smallest absolute Gasteiger partial charge is 0.350 e. The van der Waals surface area contributed by atoms with Crippen LogP contribution >= 0.6 is 0 Å². The van der Waals surface area contributed by atoms with Crippen molar-refractivity contribution in [1.29, 1.82) is 0 Å². The first-order chi connectivity index (χ1) is 13.1. The normalized spacial score (nSPS) is 15.2. The first-order valence-electron chi connectivity index (χ1n) is 9.91. The van der Waals surface area contributed by atoms with E-state index in [0.29, 0.717) is 12.8 Å². The van der Waals surface area contributed by atoms with Gasteiger partial charge in [0.05, 0.1) is 13.2 Å². The number of hydrogen-bond donors (Lipinski definition) is 2. The average molecular weight is 402 g/mol. The summed E-state index contributed by atoms with van der Waals surface area (Å²) in [4.78, 5) is 48.9. The summed E-state index contributed by atoms with van der Waals surface area (Å²) in [5.74, 6) is -5.66. The molecule has 0 aliphatic heterocycles. The second-order valence-electron chi connectivity index (χ2n) is 6.93. The van der Waals surface area contributed by atoms with Crippen molar-refractivity contribution < 1.29 is 38.9 Å². The van der Waals surface area contributed by atoms with Crippen LogP contribution in [0.4, 0.5) is 0 Å². The molecule has 2 unspecified atom stereocenters. The topological polar surface area (TPSA) is 127 Å². The van der Waals surface area contributed by atoms with E-state index in [9.17, 15) is 29.4 Å². The number of Topliss-reactive ketones (excluding diaryl/α,β-unsaturated/α-hetero) is 2. The monoisotopic (exact) mass is 402 g/mol. The molecule has 0 amide bonds. The fourth-order valence-electron chi connectivity index (χ4n) is 2.69. The Morgan fingerprint density at radius 3 is 1.21 bits per heavy atom. The molecule has 8 nitrogen and oxygen atoms in total. The number of carbonyl (C=O) groups excluding carboxylic acids is 4. The van der Waals surface area contributed by atoms with Crippen LogP contribution in [0.3, 0.4) is 0 Å². The number of hydrogen-bond acceptors (Lipinski definition) is 8. The van der Waals surface area contributed by atoms with Gasteiger partial charge in [-0.2, -0.15) is 0 Å². The van der Waals surface area contributed by atoms with Gasteiger partial charge in [-0.25, -0.2) is 9.59 Å². The molecule has 0 aromatic heterocycles. The molecule has 0 fully saturated rings. The van der Waals surface area contributed by atoms with Gasteiger partial charge in [-0.3, -0.25) is 9.59 Å². The Balaban J connectivity index is 5.37. The fourth-order valence-corrected chi connectivity index (χ4v) is 2.69. The van der Waals surface area contributed by atoms with Crippen LogP contribution in [0.15, 0.2) is 0 Å². The number of rotatable bonds is 15. The highest BCUT2D eigenvalue weighted by Crippen LogP contribution is 2.29. The zero-order valence-electron chi connectivity index (χ0n) is 17.4. The van der Waals surface area contributed by atoms with E-state index < -0.39 is 34.7 Å². The molecule has 0 aromatic carbocycles. The van der Waals surface area contributed by atoms with Crippen molar-refractivity contribution in [3.05, 3.63) is 0 Å². The lowest BCUT2D eigenvalue weighted by Gasteiger charge is -2.35. The highest BCUT2D eigenvalue weighted by Gasteiger charge is 2.68. The zero-order valence-corrected chi connectivity index (χ0v) is 17.4. The van der Waals surface area contributed by atoms with Gasteiger partial charge < -0.3 is 19.7 Å². The Morgan fingerprint density at radius 1 is 0.643 bits per heavy atom. The molecule has 28 heavy (non-hydrogen) atoms. The van der Waals surface area contributed by atoms with Gasteiger partial charge in [0.1, 0.15) is 0 Å². The van der Waals surface area contributed by atoms with Crippen LogP contribution in [0.1, 0.15) is 79.1 Å². The summed E-state index contributed by atoms with van der Waals surface area (Å²) in [5.41, 5.74) is -6.74. The Labute approximate surface area is 166 Å². The van der Waals surface area contributed by atoms with E-state index in [-0.39, 0.29) is 13.2 Å². The third kappa shape index (κ3) is 6.38. The van der Waals surface area contributed by atoms with E-state index in [0.717, 1.165) is 52.4 Å². The van der Waals surface area contributed by atoms with E-state index in [2.05, 4.69) is 0 Å². The SMILES string of the molecule is CCCCCCOC(=O)C(O)(C(C)=O)C(O)(C(C)=O)C(=O)OCCCCCC. The van der Waals surface area contributed by atoms with Gasteiger partial charge in [0.2, 0.25) is 0 Å². The predicted molar refractivity (Wildman–Crippen MR) is 101 cm³/mol. The van der Waals surface area contributed by atoms with E-state index in [4.69, 9.17) is 9.47 Å². The van der Waals surface area contributed by atoms with Gasteiger partial charge in [-0.05, 0) is 26.7 Å². The molecular formula is C20H34O8. The molecule has 0 heterocycles. The largest absolute Gasteiger partial charge is 0.463 e. The van der Waals surface area contributed by atoms with Crippen molar-refractivity contribution in [2.75, 3.05) is 13.2 Å². The number of esters is 2. The van der Waals surface area contributed by atoms with Gasteiger partial charge in [-0.1, -0.05) is 52.4 Å². The lowest BCUT2D eigenvalue weighted by Crippen LogP contribution is -2.71. The molecule has 2 N–H and O–H groups in total. The van der Waals surface area contributed by atoms with Crippen LogP contribution in [-0.4, -0.2) is 58.1 Å². The Hall–Kier alpha value is -1.80. The van der Waals surface area contributed by atoms with Crippen molar-refractivity contribution in [1.82, 2.24) is 0 Å². The molecule has 0 saturated carbocycles. The summed E-state index contributed by atoms with van der Waals surface area (Å²) < 4.78 is 9.78. The summed E-state index contributed by atoms with van der Waals surface area (Å²) in [7, 11) is 0. The number of ether oxygens (including phenoxy) is 2. The number of unbranched alkanes of at least 4 members (excludes halogenated alkanes) is 6. The number of aliphatic hydroxyl groups is 2. The van der Waals surface area contributed by atoms with Gasteiger partial charge in [0.25, 0.3) is 11.2 Å². The first-order valence-corrected chi connectivity index (χ1v) is 9.91. The second kappa shape index (κ2) is 12.6. The molecule has 0 aromatic rings. The maximum atomic E-state index is 12.4. The van der Waals surface area contributed by atoms with Crippen molar-refractivity contribution in [2.24, 2.45) is 0 Å². The number of ketones is 2. The molecule has 2 atom stereocenters. The predicted octanol–water partition coefficient (Wildman–Crippen LogP) is 1.87. The van der Waals surface area contributed by atoms with Crippen LogP contribution in [-0.2, 0) is 28.7 Å². The van der Waals surface area contributed by atoms with Crippen molar-refractivity contribution in [3.8, 4) is 0 Å². The Bertz CT molecular complexity index is 496. The van der Waals surface area contributed by atoms with Crippen molar-refractivity contribution in [2.45, 2.75) is 90.3 Å². The highest BCUT2D eigenvalue weighted by atomic mass is 16.6. The average Bonchev–Trinajstić information content (AvgIpc) is 2.65. The molecule has 0 saturated heterocycles. The van der Waals surface area contributed by atoms with Crippen LogP contribution in [0.5, 0.6) is 0 Å². The van der Waals surface area contributed by atoms with Gasteiger partial charge in [0.15, 0.2) is 11.6 Å². The third-order valence-corrected chi connectivity index (χ3v) is 4.60. The van der Waals surface area contributed by atoms with Gasteiger partial charge in [-0.15, -0.1) is 0 Å². The summed E-state index contributed by atoms with van der Waals surface area (Å²) in [6.07, 6.45) is 6.23.